The second kappa shape index (κ2) is 7.59. The Morgan fingerprint density at radius 1 is 1.09 bits per heavy atom. The number of carbonyl (C=O) groups excluding carboxylic acids is 2. The van der Waals surface area contributed by atoms with Crippen molar-refractivity contribution in [3.8, 4) is 0 Å². The third kappa shape index (κ3) is 3.40. The normalized spacial score (nSPS) is 13.0. The highest BCUT2D eigenvalue weighted by Gasteiger charge is 2.27. The minimum Gasteiger partial charge on any atom is -0.460 e. The van der Waals surface area contributed by atoms with Crippen LogP contribution in [0.1, 0.15) is 45.9 Å². The van der Waals surface area contributed by atoms with Crippen LogP contribution >= 0.6 is 0 Å². The van der Waals surface area contributed by atoms with Gasteiger partial charge < -0.3 is 14.5 Å². The fourth-order valence-corrected chi connectivity index (χ4v) is 5.63. The average molecular weight is 479 g/mol. The molecule has 0 saturated carbocycles. The van der Waals surface area contributed by atoms with Gasteiger partial charge in [-0.05, 0) is 63.6 Å². The molecule has 0 spiro atoms. The Balaban J connectivity index is 1.61. The second-order valence-corrected chi connectivity index (χ2v) is 10.2. The summed E-state index contributed by atoms with van der Waals surface area (Å²) in [5.74, 6) is -0.404. The summed E-state index contributed by atoms with van der Waals surface area (Å²) >= 11 is 0. The van der Waals surface area contributed by atoms with Gasteiger partial charge in [0.15, 0.2) is 0 Å². The van der Waals surface area contributed by atoms with E-state index in [-0.39, 0.29) is 22.5 Å². The van der Waals surface area contributed by atoms with Crippen LogP contribution in [0, 0.1) is 13.8 Å². The zero-order valence-electron chi connectivity index (χ0n) is 19.0. The summed E-state index contributed by atoms with van der Waals surface area (Å²) in [6.07, 6.45) is -0.314. The number of benzene rings is 3. The minimum absolute atomic E-state index is 0.0481. The maximum atomic E-state index is 13.5. The monoisotopic (exact) mass is 478 g/mol. The number of furan rings is 1. The molecule has 0 atom stereocenters. The highest BCUT2D eigenvalue weighted by Crippen LogP contribution is 2.38. The Morgan fingerprint density at radius 3 is 2.59 bits per heavy atom. The maximum absolute atomic E-state index is 13.5. The third-order valence-corrected chi connectivity index (χ3v) is 7.21. The van der Waals surface area contributed by atoms with Gasteiger partial charge in [0.1, 0.15) is 16.9 Å². The predicted molar refractivity (Wildman–Crippen MR) is 129 cm³/mol. The van der Waals surface area contributed by atoms with E-state index in [1.165, 1.54) is 6.07 Å². The number of amides is 1. The number of esters is 1. The van der Waals surface area contributed by atoms with Crippen molar-refractivity contribution >= 4 is 55.0 Å². The summed E-state index contributed by atoms with van der Waals surface area (Å²) < 4.78 is 40.7. The van der Waals surface area contributed by atoms with Crippen molar-refractivity contribution in [1.82, 2.24) is 0 Å². The average Bonchev–Trinajstić information content (AvgIpc) is 3.24. The van der Waals surface area contributed by atoms with E-state index in [0.717, 1.165) is 0 Å². The molecule has 0 fully saturated rings. The lowest BCUT2D eigenvalue weighted by Crippen LogP contribution is -2.14. The third-order valence-electron chi connectivity index (χ3n) is 5.79. The van der Waals surface area contributed by atoms with Gasteiger partial charge in [0, 0.05) is 27.4 Å². The topological polar surface area (TPSA) is 115 Å². The minimum atomic E-state index is -4.04. The summed E-state index contributed by atoms with van der Waals surface area (Å²) in [5, 5.41) is 4.23. The molecule has 3 aromatic carbocycles. The first kappa shape index (κ1) is 22.0. The van der Waals surface area contributed by atoms with Gasteiger partial charge in [0.05, 0.1) is 16.7 Å². The number of aryl methyl sites for hydroxylation is 2. The molecule has 1 amide bonds. The number of anilines is 2. The second-order valence-electron chi connectivity index (χ2n) is 8.55. The molecule has 0 radical (unpaired) electrons. The molecule has 0 bridgehead atoms. The summed E-state index contributed by atoms with van der Waals surface area (Å²) in [6.45, 7) is 6.91. The van der Waals surface area contributed by atoms with Crippen molar-refractivity contribution in [1.29, 1.82) is 0 Å². The lowest BCUT2D eigenvalue weighted by Gasteiger charge is -2.13. The van der Waals surface area contributed by atoms with Crippen molar-refractivity contribution < 1.29 is 27.2 Å². The summed E-state index contributed by atoms with van der Waals surface area (Å²) in [6, 6.07) is 11.3. The molecule has 174 valence electrons. The number of hydrogen-bond donors (Lipinski definition) is 2. The molecular weight excluding hydrogens is 456 g/mol. The van der Waals surface area contributed by atoms with Crippen LogP contribution in [0.25, 0.3) is 21.7 Å². The van der Waals surface area contributed by atoms with Crippen molar-refractivity contribution in [3.63, 3.8) is 0 Å². The van der Waals surface area contributed by atoms with E-state index in [2.05, 4.69) is 10.0 Å². The first-order chi connectivity index (χ1) is 16.1. The zero-order chi connectivity index (χ0) is 24.4. The van der Waals surface area contributed by atoms with Crippen molar-refractivity contribution in [2.24, 2.45) is 0 Å². The Labute approximate surface area is 195 Å². The number of fused-ring (bicyclic) bond motifs is 1. The molecular formula is C25H22N2O6S. The summed E-state index contributed by atoms with van der Waals surface area (Å²) in [4.78, 5) is 24.9. The van der Waals surface area contributed by atoms with Gasteiger partial charge in [-0.15, -0.1) is 0 Å². The van der Waals surface area contributed by atoms with E-state index in [9.17, 15) is 18.0 Å². The zero-order valence-corrected chi connectivity index (χ0v) is 19.8. The van der Waals surface area contributed by atoms with Gasteiger partial charge in [-0.25, -0.2) is 13.2 Å². The van der Waals surface area contributed by atoms with Gasteiger partial charge in [0.2, 0.25) is 0 Å². The Bertz CT molecular complexity index is 1630. The first-order valence-electron chi connectivity index (χ1n) is 10.7. The van der Waals surface area contributed by atoms with Crippen LogP contribution < -0.4 is 10.0 Å². The highest BCUT2D eigenvalue weighted by molar-refractivity contribution is 7.93. The Morgan fingerprint density at radius 2 is 1.85 bits per heavy atom. The fraction of sp³-hybridized carbons (Fsp3) is 0.200. The van der Waals surface area contributed by atoms with Gasteiger partial charge in [-0.1, -0.05) is 12.1 Å². The Hall–Kier alpha value is -3.85. The van der Waals surface area contributed by atoms with Crippen molar-refractivity contribution in [2.45, 2.75) is 38.7 Å². The molecule has 4 aromatic rings. The van der Waals surface area contributed by atoms with E-state index in [0.29, 0.717) is 50.0 Å². The quantitative estimate of drug-likeness (QED) is 0.384. The molecule has 34 heavy (non-hydrogen) atoms. The largest absolute Gasteiger partial charge is 0.460 e. The molecule has 1 aliphatic rings. The van der Waals surface area contributed by atoms with E-state index in [1.54, 1.807) is 64.1 Å². The number of ether oxygens (including phenoxy) is 1. The van der Waals surface area contributed by atoms with Crippen LogP contribution in [0.15, 0.2) is 51.8 Å². The maximum Gasteiger partial charge on any atom is 0.342 e. The molecule has 5 rings (SSSR count). The van der Waals surface area contributed by atoms with Crippen LogP contribution in [0.5, 0.6) is 0 Å². The van der Waals surface area contributed by atoms with Gasteiger partial charge in [-0.2, -0.15) is 0 Å². The van der Waals surface area contributed by atoms with Crippen LogP contribution in [0.3, 0.4) is 0 Å². The van der Waals surface area contributed by atoms with Crippen LogP contribution in [-0.2, 0) is 14.8 Å². The van der Waals surface area contributed by atoms with Crippen LogP contribution in [0.4, 0.5) is 11.4 Å². The number of sulfonamides is 1. The van der Waals surface area contributed by atoms with Crippen LogP contribution in [0.2, 0.25) is 0 Å². The number of nitrogens with one attached hydrogen (secondary N) is 2. The van der Waals surface area contributed by atoms with Crippen LogP contribution in [-0.4, -0.2) is 26.4 Å². The van der Waals surface area contributed by atoms with Crippen molar-refractivity contribution in [3.05, 3.63) is 64.9 Å². The molecule has 1 aromatic heterocycles. The number of hydrogen-bond acceptors (Lipinski definition) is 6. The predicted octanol–water partition coefficient (Wildman–Crippen LogP) is 5.13. The number of rotatable bonds is 5. The van der Waals surface area contributed by atoms with E-state index >= 15 is 0 Å². The van der Waals surface area contributed by atoms with Gasteiger partial charge in [-0.3, -0.25) is 9.52 Å². The molecule has 8 nitrogen and oxygen atoms in total. The summed E-state index contributed by atoms with van der Waals surface area (Å²) in [5.41, 5.74) is 2.67. The molecule has 0 aliphatic carbocycles. The molecule has 9 heteroatoms. The molecule has 0 saturated heterocycles. The molecule has 0 unspecified atom stereocenters. The molecule has 2 N–H and O–H groups in total. The first-order valence-corrected chi connectivity index (χ1v) is 12.2. The number of carbonyl (C=O) groups is 2. The van der Waals surface area contributed by atoms with E-state index in [1.807, 2.05) is 0 Å². The van der Waals surface area contributed by atoms with Gasteiger partial charge in [0.25, 0.3) is 15.9 Å². The van der Waals surface area contributed by atoms with Crippen molar-refractivity contribution in [2.75, 3.05) is 10.0 Å². The molecule has 1 aliphatic heterocycles. The fourth-order valence-electron chi connectivity index (χ4n) is 4.30. The van der Waals surface area contributed by atoms with Gasteiger partial charge >= 0.3 is 5.97 Å². The van der Waals surface area contributed by atoms with E-state index in [4.69, 9.17) is 9.15 Å². The smallest absolute Gasteiger partial charge is 0.342 e. The SMILES string of the molecule is Cc1cc2oc(C)c(C(=O)OC(C)C)c2cc1NS(=O)(=O)c1ccc2c3c(cccc13)C(=O)N2. The highest BCUT2D eigenvalue weighted by atomic mass is 32.2. The molecule has 2 heterocycles. The summed E-state index contributed by atoms with van der Waals surface area (Å²) in [7, 11) is -4.04. The standard InChI is InChI=1S/C25H22N2O6S/c1-12(2)32-25(29)22-14(4)33-20-10-13(3)19(11-17(20)22)27-34(30,31)21-9-8-18-23-15(21)6-5-7-16(23)24(28)26-18/h5-12,27H,1-4H3,(H,26,28). The van der Waals surface area contributed by atoms with E-state index < -0.39 is 16.0 Å². The lowest BCUT2D eigenvalue weighted by molar-refractivity contribution is 0.0378. The lowest BCUT2D eigenvalue weighted by atomic mass is 10.1. The Kier molecular flexibility index (Phi) is 4.91.